The SMILES string of the molecule is CC1CCCC(C)C1CN1CNC2CN(C3CNNC(=O)C3Cl)CCC21. The summed E-state index contributed by atoms with van der Waals surface area (Å²) in [6.07, 6.45) is 5.35. The first kappa shape index (κ1) is 18.9. The molecule has 3 saturated heterocycles. The van der Waals surface area contributed by atoms with Gasteiger partial charge in [0.25, 0.3) is 5.91 Å². The molecule has 4 fully saturated rings. The molecule has 6 nitrogen and oxygen atoms in total. The number of nitrogens with one attached hydrogen (secondary N) is 3. The van der Waals surface area contributed by atoms with Gasteiger partial charge in [-0.2, -0.15) is 0 Å². The Morgan fingerprint density at radius 3 is 2.69 bits per heavy atom. The minimum Gasteiger partial charge on any atom is -0.299 e. The Balaban J connectivity index is 1.35. The summed E-state index contributed by atoms with van der Waals surface area (Å²) in [6, 6.07) is 1.21. The normalized spacial score (nSPS) is 45.3. The number of amides is 1. The van der Waals surface area contributed by atoms with Crippen molar-refractivity contribution in [2.75, 3.05) is 32.8 Å². The molecule has 4 aliphatic rings. The number of hydrogen-bond acceptors (Lipinski definition) is 5. The largest absolute Gasteiger partial charge is 0.299 e. The molecule has 6 unspecified atom stereocenters. The highest BCUT2D eigenvalue weighted by atomic mass is 35.5. The van der Waals surface area contributed by atoms with Gasteiger partial charge in [-0.1, -0.05) is 33.1 Å². The summed E-state index contributed by atoms with van der Waals surface area (Å²) in [6.45, 7) is 9.88. The maximum Gasteiger partial charge on any atom is 0.253 e. The van der Waals surface area contributed by atoms with Gasteiger partial charge in [0.05, 0.1) is 0 Å². The Labute approximate surface area is 162 Å². The van der Waals surface area contributed by atoms with E-state index in [2.05, 4.69) is 39.8 Å². The Morgan fingerprint density at radius 1 is 1.15 bits per heavy atom. The van der Waals surface area contributed by atoms with Crippen molar-refractivity contribution in [2.45, 2.75) is 63.0 Å². The van der Waals surface area contributed by atoms with E-state index in [1.165, 1.54) is 25.8 Å². The number of carbonyl (C=O) groups is 1. The van der Waals surface area contributed by atoms with Crippen LogP contribution >= 0.6 is 11.6 Å². The zero-order valence-electron chi connectivity index (χ0n) is 16.1. The zero-order valence-corrected chi connectivity index (χ0v) is 16.8. The van der Waals surface area contributed by atoms with Gasteiger partial charge in [0.2, 0.25) is 0 Å². The van der Waals surface area contributed by atoms with Crippen molar-refractivity contribution < 1.29 is 4.79 Å². The number of rotatable bonds is 3. The standard InChI is InChI=1S/C19H34ClN5O/c1-12-4-3-5-13(2)14(12)9-25-11-21-15-10-24(7-6-16(15)25)17-8-22-23-19(26)18(17)20/h12-18,21-22H,3-11H2,1-2H3,(H,23,26). The van der Waals surface area contributed by atoms with Crippen LogP contribution in [0.3, 0.4) is 0 Å². The van der Waals surface area contributed by atoms with Gasteiger partial charge in [0, 0.05) is 51.0 Å². The predicted molar refractivity (Wildman–Crippen MR) is 104 cm³/mol. The molecule has 3 heterocycles. The molecule has 1 saturated carbocycles. The van der Waals surface area contributed by atoms with Crippen molar-refractivity contribution in [1.82, 2.24) is 26.0 Å². The second-order valence-electron chi connectivity index (χ2n) is 8.98. The number of hydrazine groups is 1. The number of piperidine rings is 1. The lowest BCUT2D eigenvalue weighted by Gasteiger charge is -2.44. The van der Waals surface area contributed by atoms with E-state index in [1.54, 1.807) is 0 Å². The molecule has 7 heteroatoms. The molecule has 0 spiro atoms. The van der Waals surface area contributed by atoms with Gasteiger partial charge < -0.3 is 0 Å². The van der Waals surface area contributed by atoms with Crippen LogP contribution in [0.2, 0.25) is 0 Å². The number of fused-ring (bicyclic) bond motifs is 1. The third-order valence-electron chi connectivity index (χ3n) is 7.44. The number of hydrogen-bond donors (Lipinski definition) is 3. The Hall–Kier alpha value is -0.400. The molecule has 0 bridgehead atoms. The first-order valence-electron chi connectivity index (χ1n) is 10.4. The van der Waals surface area contributed by atoms with Crippen LogP contribution in [0.25, 0.3) is 0 Å². The molecule has 0 radical (unpaired) electrons. The Bertz CT molecular complexity index is 510. The number of alkyl halides is 1. The van der Waals surface area contributed by atoms with Crippen molar-refractivity contribution in [1.29, 1.82) is 0 Å². The summed E-state index contributed by atoms with van der Waals surface area (Å²) in [5, 5.41) is 3.28. The van der Waals surface area contributed by atoms with Crippen molar-refractivity contribution in [3.05, 3.63) is 0 Å². The average molecular weight is 384 g/mol. The first-order chi connectivity index (χ1) is 12.5. The maximum atomic E-state index is 11.9. The van der Waals surface area contributed by atoms with E-state index in [-0.39, 0.29) is 11.9 Å². The van der Waals surface area contributed by atoms with Gasteiger partial charge in [-0.3, -0.25) is 25.3 Å². The quantitative estimate of drug-likeness (QED) is 0.634. The summed E-state index contributed by atoms with van der Waals surface area (Å²) < 4.78 is 0. The van der Waals surface area contributed by atoms with Crippen molar-refractivity contribution in [3.63, 3.8) is 0 Å². The topological polar surface area (TPSA) is 59.6 Å². The van der Waals surface area contributed by atoms with Gasteiger partial charge in [-0.15, -0.1) is 11.6 Å². The van der Waals surface area contributed by atoms with Crippen LogP contribution in [0, 0.1) is 17.8 Å². The molecule has 0 aromatic carbocycles. The van der Waals surface area contributed by atoms with Gasteiger partial charge in [-0.05, 0) is 24.2 Å². The fraction of sp³-hybridized carbons (Fsp3) is 0.947. The molecule has 148 valence electrons. The molecule has 3 aliphatic heterocycles. The van der Waals surface area contributed by atoms with Crippen molar-refractivity contribution >= 4 is 17.5 Å². The van der Waals surface area contributed by atoms with Crippen LogP contribution in [0.15, 0.2) is 0 Å². The molecule has 0 aromatic heterocycles. The van der Waals surface area contributed by atoms with Crippen LogP contribution in [0.5, 0.6) is 0 Å². The van der Waals surface area contributed by atoms with Crippen LogP contribution in [0.1, 0.15) is 39.5 Å². The molecule has 1 aliphatic carbocycles. The lowest BCUT2D eigenvalue weighted by atomic mass is 9.73. The van der Waals surface area contributed by atoms with Crippen LogP contribution in [-0.4, -0.2) is 72.1 Å². The smallest absolute Gasteiger partial charge is 0.253 e. The minimum atomic E-state index is -0.464. The molecular formula is C19H34ClN5O. The van der Waals surface area contributed by atoms with Crippen molar-refractivity contribution in [3.8, 4) is 0 Å². The fourth-order valence-electron chi connectivity index (χ4n) is 5.74. The van der Waals surface area contributed by atoms with Gasteiger partial charge in [0.1, 0.15) is 5.38 Å². The third kappa shape index (κ3) is 3.63. The summed E-state index contributed by atoms with van der Waals surface area (Å²) in [7, 11) is 0. The number of likely N-dealkylation sites (tertiary alicyclic amines) is 1. The van der Waals surface area contributed by atoms with E-state index < -0.39 is 5.38 Å². The van der Waals surface area contributed by atoms with Crippen LogP contribution in [0.4, 0.5) is 0 Å². The van der Waals surface area contributed by atoms with E-state index in [0.717, 1.165) is 50.5 Å². The number of halogens is 1. The first-order valence-corrected chi connectivity index (χ1v) is 10.9. The maximum absolute atomic E-state index is 11.9. The molecule has 1 amide bonds. The number of nitrogens with zero attached hydrogens (tertiary/aromatic N) is 2. The Morgan fingerprint density at radius 2 is 1.92 bits per heavy atom. The van der Waals surface area contributed by atoms with Crippen molar-refractivity contribution in [2.24, 2.45) is 17.8 Å². The van der Waals surface area contributed by atoms with Gasteiger partial charge in [0.15, 0.2) is 0 Å². The molecular weight excluding hydrogens is 350 g/mol. The summed E-state index contributed by atoms with van der Waals surface area (Å²) in [5.74, 6) is 2.43. The molecule has 0 aromatic rings. The van der Waals surface area contributed by atoms with Crippen LogP contribution in [-0.2, 0) is 4.79 Å². The number of carbonyl (C=O) groups excluding carboxylic acids is 1. The van der Waals surface area contributed by atoms with Gasteiger partial charge in [-0.25, -0.2) is 5.43 Å². The lowest BCUT2D eigenvalue weighted by Crippen LogP contribution is -2.65. The zero-order chi connectivity index (χ0) is 18.3. The van der Waals surface area contributed by atoms with E-state index in [0.29, 0.717) is 12.1 Å². The third-order valence-corrected chi connectivity index (χ3v) is 7.93. The van der Waals surface area contributed by atoms with E-state index in [1.807, 2.05) is 0 Å². The second kappa shape index (κ2) is 7.92. The van der Waals surface area contributed by atoms with E-state index >= 15 is 0 Å². The summed E-state index contributed by atoms with van der Waals surface area (Å²) in [5.41, 5.74) is 5.62. The summed E-state index contributed by atoms with van der Waals surface area (Å²) >= 11 is 6.37. The highest BCUT2D eigenvalue weighted by molar-refractivity contribution is 6.31. The Kier molecular flexibility index (Phi) is 5.77. The highest BCUT2D eigenvalue weighted by Gasteiger charge is 2.44. The second-order valence-corrected chi connectivity index (χ2v) is 9.45. The van der Waals surface area contributed by atoms with Crippen LogP contribution < -0.4 is 16.2 Å². The summed E-state index contributed by atoms with van der Waals surface area (Å²) in [4.78, 5) is 17.0. The molecule has 26 heavy (non-hydrogen) atoms. The lowest BCUT2D eigenvalue weighted by molar-refractivity contribution is -0.125. The van der Waals surface area contributed by atoms with Gasteiger partial charge >= 0.3 is 0 Å². The highest BCUT2D eigenvalue weighted by Crippen LogP contribution is 2.36. The monoisotopic (exact) mass is 383 g/mol. The van der Waals surface area contributed by atoms with E-state index in [9.17, 15) is 4.79 Å². The molecule has 4 rings (SSSR count). The molecule has 6 atom stereocenters. The van der Waals surface area contributed by atoms with E-state index in [4.69, 9.17) is 11.6 Å². The predicted octanol–water partition coefficient (Wildman–Crippen LogP) is 0.975. The average Bonchev–Trinajstić information content (AvgIpc) is 3.03. The fourth-order valence-corrected chi connectivity index (χ4v) is 6.04. The minimum absolute atomic E-state index is 0.0839. The molecule has 3 N–H and O–H groups in total.